The smallest absolute Gasteiger partial charge is 0.349 e. The molecule has 0 unspecified atom stereocenters. The van der Waals surface area contributed by atoms with Crippen LogP contribution in [0.2, 0.25) is 0 Å². The van der Waals surface area contributed by atoms with E-state index in [9.17, 15) is 14.4 Å². The summed E-state index contributed by atoms with van der Waals surface area (Å²) in [4.78, 5) is 36.5. The standard InChI is InChI=1S/C23H20N2O5/c1-14-11-17(9-7-15-5-3-2-4-6-15)30-23(28)21(14)22(27)24-16-8-10-18-19(12-16)29-13-20(26)25-18/h2-6,8,10-12H,7,9,13H2,1H3,(H,24,27)(H,25,26). The van der Waals surface area contributed by atoms with Crippen LogP contribution in [0.5, 0.6) is 5.75 Å². The van der Waals surface area contributed by atoms with Crippen LogP contribution in [-0.4, -0.2) is 18.4 Å². The zero-order valence-corrected chi connectivity index (χ0v) is 16.4. The summed E-state index contributed by atoms with van der Waals surface area (Å²) in [6.07, 6.45) is 1.30. The largest absolute Gasteiger partial charge is 0.482 e. The average Bonchev–Trinajstić information content (AvgIpc) is 2.72. The van der Waals surface area contributed by atoms with Crippen LogP contribution in [0.25, 0.3) is 0 Å². The van der Waals surface area contributed by atoms with Crippen molar-refractivity contribution >= 4 is 23.2 Å². The molecule has 2 heterocycles. The summed E-state index contributed by atoms with van der Waals surface area (Å²) in [5, 5.41) is 5.37. The van der Waals surface area contributed by atoms with Crippen LogP contribution in [-0.2, 0) is 17.6 Å². The van der Waals surface area contributed by atoms with E-state index in [1.165, 1.54) is 0 Å². The summed E-state index contributed by atoms with van der Waals surface area (Å²) in [6.45, 7) is 1.63. The van der Waals surface area contributed by atoms with Gasteiger partial charge in [0.2, 0.25) is 0 Å². The maximum Gasteiger partial charge on any atom is 0.349 e. The molecular weight excluding hydrogens is 384 g/mol. The van der Waals surface area contributed by atoms with Crippen molar-refractivity contribution in [2.75, 3.05) is 17.2 Å². The van der Waals surface area contributed by atoms with E-state index in [4.69, 9.17) is 9.15 Å². The minimum atomic E-state index is -0.669. The minimum Gasteiger partial charge on any atom is -0.482 e. The maximum absolute atomic E-state index is 12.7. The second-order valence-corrected chi connectivity index (χ2v) is 7.05. The van der Waals surface area contributed by atoms with Gasteiger partial charge in [-0.05, 0) is 42.7 Å². The highest BCUT2D eigenvalue weighted by atomic mass is 16.5. The molecule has 2 aromatic carbocycles. The van der Waals surface area contributed by atoms with E-state index in [1.54, 1.807) is 31.2 Å². The average molecular weight is 404 g/mol. The van der Waals surface area contributed by atoms with Crippen LogP contribution in [0.3, 0.4) is 0 Å². The molecule has 4 rings (SSSR count). The molecule has 30 heavy (non-hydrogen) atoms. The quantitative estimate of drug-likeness (QED) is 0.680. The predicted molar refractivity (Wildman–Crippen MR) is 112 cm³/mol. The first-order valence-electron chi connectivity index (χ1n) is 9.55. The molecule has 2 amide bonds. The van der Waals surface area contributed by atoms with Gasteiger partial charge in [0.1, 0.15) is 17.1 Å². The van der Waals surface area contributed by atoms with E-state index in [-0.39, 0.29) is 18.1 Å². The number of carbonyl (C=O) groups is 2. The third kappa shape index (κ3) is 4.25. The molecule has 0 saturated heterocycles. The summed E-state index contributed by atoms with van der Waals surface area (Å²) < 4.78 is 10.7. The number of anilines is 2. The molecule has 152 valence electrons. The molecule has 0 atom stereocenters. The Morgan fingerprint density at radius 3 is 2.63 bits per heavy atom. The monoisotopic (exact) mass is 404 g/mol. The zero-order valence-electron chi connectivity index (χ0n) is 16.4. The molecule has 1 aliphatic heterocycles. The third-order valence-electron chi connectivity index (χ3n) is 4.80. The molecule has 7 nitrogen and oxygen atoms in total. The highest BCUT2D eigenvalue weighted by Gasteiger charge is 2.20. The van der Waals surface area contributed by atoms with E-state index in [0.717, 1.165) is 12.0 Å². The van der Waals surface area contributed by atoms with Gasteiger partial charge in [0, 0.05) is 18.2 Å². The Hall–Kier alpha value is -3.87. The number of aryl methyl sites for hydroxylation is 3. The second-order valence-electron chi connectivity index (χ2n) is 7.05. The van der Waals surface area contributed by atoms with Crippen LogP contribution in [0.15, 0.2) is 63.8 Å². The van der Waals surface area contributed by atoms with E-state index in [0.29, 0.717) is 34.9 Å². The third-order valence-corrected chi connectivity index (χ3v) is 4.80. The number of fused-ring (bicyclic) bond motifs is 1. The van der Waals surface area contributed by atoms with Gasteiger partial charge in [-0.25, -0.2) is 4.79 Å². The fraction of sp³-hybridized carbons (Fsp3) is 0.174. The number of benzene rings is 2. The minimum absolute atomic E-state index is 0.0367. The van der Waals surface area contributed by atoms with Crippen LogP contribution >= 0.6 is 0 Å². The fourth-order valence-electron chi connectivity index (χ4n) is 3.33. The molecule has 3 aromatic rings. The SMILES string of the molecule is Cc1cc(CCc2ccccc2)oc(=O)c1C(=O)Nc1ccc2c(c1)OCC(=O)N2. The second kappa shape index (κ2) is 8.24. The Labute approximate surface area is 172 Å². The maximum atomic E-state index is 12.7. The van der Waals surface area contributed by atoms with E-state index < -0.39 is 11.5 Å². The lowest BCUT2D eigenvalue weighted by molar-refractivity contribution is -0.118. The van der Waals surface area contributed by atoms with Gasteiger partial charge in [-0.1, -0.05) is 30.3 Å². The van der Waals surface area contributed by atoms with Crippen LogP contribution < -0.4 is 21.0 Å². The molecule has 1 aromatic heterocycles. The van der Waals surface area contributed by atoms with Crippen LogP contribution in [0, 0.1) is 6.92 Å². The number of carbonyl (C=O) groups excluding carboxylic acids is 2. The van der Waals surface area contributed by atoms with E-state index in [1.807, 2.05) is 30.3 Å². The molecular formula is C23H20N2O5. The van der Waals surface area contributed by atoms with Crippen molar-refractivity contribution in [3.05, 3.63) is 87.5 Å². The first-order valence-corrected chi connectivity index (χ1v) is 9.55. The molecule has 1 aliphatic rings. The molecule has 0 saturated carbocycles. The van der Waals surface area contributed by atoms with Crippen molar-refractivity contribution in [3.8, 4) is 5.75 Å². The Balaban J connectivity index is 1.49. The summed E-state index contributed by atoms with van der Waals surface area (Å²) in [5.74, 6) is 0.193. The van der Waals surface area contributed by atoms with Gasteiger partial charge in [-0.15, -0.1) is 0 Å². The summed E-state index contributed by atoms with van der Waals surface area (Å²) in [6, 6.07) is 16.5. The van der Waals surface area contributed by atoms with Gasteiger partial charge >= 0.3 is 5.63 Å². The van der Waals surface area contributed by atoms with Crippen molar-refractivity contribution in [1.29, 1.82) is 0 Å². The first-order chi connectivity index (χ1) is 14.5. The molecule has 0 radical (unpaired) electrons. The zero-order chi connectivity index (χ0) is 21.1. The van der Waals surface area contributed by atoms with Crippen LogP contribution in [0.4, 0.5) is 11.4 Å². The highest BCUT2D eigenvalue weighted by Crippen LogP contribution is 2.30. The topological polar surface area (TPSA) is 97.6 Å². The van der Waals surface area contributed by atoms with Crippen molar-refractivity contribution in [2.24, 2.45) is 0 Å². The number of ether oxygens (including phenoxy) is 1. The van der Waals surface area contributed by atoms with Gasteiger partial charge in [0.25, 0.3) is 11.8 Å². The Kier molecular flexibility index (Phi) is 5.34. The summed E-state index contributed by atoms with van der Waals surface area (Å²) in [5.41, 5.74) is 1.96. The van der Waals surface area contributed by atoms with Crippen LogP contribution in [0.1, 0.15) is 27.2 Å². The Bertz CT molecular complexity index is 1170. The van der Waals surface area contributed by atoms with Gasteiger partial charge < -0.3 is 19.8 Å². The normalized spacial score (nSPS) is 12.5. The summed E-state index contributed by atoms with van der Waals surface area (Å²) >= 11 is 0. The van der Waals surface area contributed by atoms with Crippen molar-refractivity contribution < 1.29 is 18.7 Å². The predicted octanol–water partition coefficient (Wildman–Crippen LogP) is 3.32. The van der Waals surface area contributed by atoms with Crippen molar-refractivity contribution in [2.45, 2.75) is 19.8 Å². The number of nitrogens with one attached hydrogen (secondary N) is 2. The van der Waals surface area contributed by atoms with Gasteiger partial charge in [0.15, 0.2) is 6.61 Å². The lowest BCUT2D eigenvalue weighted by Crippen LogP contribution is -2.26. The van der Waals surface area contributed by atoms with Crippen molar-refractivity contribution in [1.82, 2.24) is 0 Å². The molecule has 2 N–H and O–H groups in total. The first kappa shape index (κ1) is 19.4. The van der Waals surface area contributed by atoms with E-state index >= 15 is 0 Å². The molecule has 0 spiro atoms. The molecule has 0 bridgehead atoms. The molecule has 0 fully saturated rings. The Morgan fingerprint density at radius 2 is 1.87 bits per heavy atom. The lowest BCUT2D eigenvalue weighted by atomic mass is 10.1. The lowest BCUT2D eigenvalue weighted by Gasteiger charge is -2.18. The molecule has 0 aliphatic carbocycles. The number of hydrogen-bond acceptors (Lipinski definition) is 5. The molecule has 7 heteroatoms. The van der Waals surface area contributed by atoms with Gasteiger partial charge in [-0.2, -0.15) is 0 Å². The summed E-state index contributed by atoms with van der Waals surface area (Å²) in [7, 11) is 0. The Morgan fingerprint density at radius 1 is 1.07 bits per heavy atom. The fourth-order valence-corrected chi connectivity index (χ4v) is 3.33. The number of amides is 2. The van der Waals surface area contributed by atoms with E-state index in [2.05, 4.69) is 10.6 Å². The highest BCUT2D eigenvalue weighted by molar-refractivity contribution is 6.05. The number of hydrogen-bond donors (Lipinski definition) is 2. The van der Waals surface area contributed by atoms with Crippen molar-refractivity contribution in [3.63, 3.8) is 0 Å². The number of rotatable bonds is 5. The van der Waals surface area contributed by atoms with Gasteiger partial charge in [-0.3, -0.25) is 9.59 Å². The van der Waals surface area contributed by atoms with Gasteiger partial charge in [0.05, 0.1) is 5.69 Å².